The minimum atomic E-state index is 0.145. The topological polar surface area (TPSA) is 81.4 Å². The van der Waals surface area contributed by atoms with Gasteiger partial charge in [-0.05, 0) is 23.9 Å². The van der Waals surface area contributed by atoms with Crippen LogP contribution in [0.5, 0.6) is 0 Å². The van der Waals surface area contributed by atoms with Gasteiger partial charge in [-0.2, -0.15) is 24.7 Å². The van der Waals surface area contributed by atoms with Crippen LogP contribution in [0.1, 0.15) is 19.8 Å². The summed E-state index contributed by atoms with van der Waals surface area (Å²) in [7, 11) is 0. The molecule has 18 heavy (non-hydrogen) atoms. The summed E-state index contributed by atoms with van der Waals surface area (Å²) in [5.74, 6) is 1.56. The number of aromatic nitrogens is 6. The normalized spacial score (nSPS) is 21.9. The fourth-order valence-electron chi connectivity index (χ4n) is 1.86. The van der Waals surface area contributed by atoms with Crippen LogP contribution in [0.2, 0.25) is 5.28 Å². The highest BCUT2D eigenvalue weighted by Gasteiger charge is 2.35. The monoisotopic (exact) mass is 265 g/mol. The lowest BCUT2D eigenvalue weighted by Gasteiger charge is -2.05. The van der Waals surface area contributed by atoms with Crippen LogP contribution in [0.15, 0.2) is 12.7 Å². The highest BCUT2D eigenvalue weighted by atomic mass is 35.5. The summed E-state index contributed by atoms with van der Waals surface area (Å²) in [6.07, 6.45) is 5.24. The number of nitrogens with zero attached hydrogens (tertiary/aromatic N) is 6. The van der Waals surface area contributed by atoms with Crippen molar-refractivity contribution in [3.8, 4) is 5.95 Å². The molecule has 8 heteroatoms. The highest BCUT2D eigenvalue weighted by molar-refractivity contribution is 6.28. The Bertz CT molecular complexity index is 541. The molecule has 1 N–H and O–H groups in total. The molecule has 2 heterocycles. The Kier molecular flexibility index (Phi) is 2.83. The van der Waals surface area contributed by atoms with Gasteiger partial charge in [0.2, 0.25) is 11.2 Å². The van der Waals surface area contributed by atoms with E-state index in [0.29, 0.717) is 23.9 Å². The van der Waals surface area contributed by atoms with Crippen molar-refractivity contribution < 1.29 is 0 Å². The molecule has 1 aliphatic carbocycles. The molecule has 0 aliphatic heterocycles. The predicted molar refractivity (Wildman–Crippen MR) is 65.6 cm³/mol. The number of hydrogen-bond acceptors (Lipinski definition) is 6. The summed E-state index contributed by atoms with van der Waals surface area (Å²) in [6.45, 7) is 2.17. The van der Waals surface area contributed by atoms with E-state index in [1.807, 2.05) is 0 Å². The Morgan fingerprint density at radius 3 is 3.00 bits per heavy atom. The second-order valence-corrected chi connectivity index (χ2v) is 4.56. The van der Waals surface area contributed by atoms with Crippen molar-refractivity contribution in [2.45, 2.75) is 25.8 Å². The summed E-state index contributed by atoms with van der Waals surface area (Å²) < 4.78 is 1.45. The van der Waals surface area contributed by atoms with E-state index in [1.165, 1.54) is 17.3 Å². The molecule has 0 aromatic carbocycles. The van der Waals surface area contributed by atoms with E-state index >= 15 is 0 Å². The van der Waals surface area contributed by atoms with Gasteiger partial charge < -0.3 is 5.32 Å². The first-order chi connectivity index (χ1) is 8.76. The smallest absolute Gasteiger partial charge is 0.258 e. The van der Waals surface area contributed by atoms with Gasteiger partial charge in [0.25, 0.3) is 5.95 Å². The Morgan fingerprint density at radius 1 is 1.44 bits per heavy atom. The average molecular weight is 266 g/mol. The van der Waals surface area contributed by atoms with Gasteiger partial charge in [-0.3, -0.25) is 0 Å². The van der Waals surface area contributed by atoms with E-state index in [1.54, 1.807) is 0 Å². The van der Waals surface area contributed by atoms with Crippen molar-refractivity contribution in [2.75, 3.05) is 5.32 Å². The maximum absolute atomic E-state index is 5.88. The third-order valence-electron chi connectivity index (χ3n) is 2.98. The Balaban J connectivity index is 1.83. The predicted octanol–water partition coefficient (Wildman–Crippen LogP) is 1.32. The average Bonchev–Trinajstić information content (AvgIpc) is 2.89. The van der Waals surface area contributed by atoms with E-state index in [2.05, 4.69) is 37.3 Å². The molecular weight excluding hydrogens is 254 g/mol. The van der Waals surface area contributed by atoms with Gasteiger partial charge in [0, 0.05) is 6.04 Å². The van der Waals surface area contributed by atoms with E-state index in [4.69, 9.17) is 11.6 Å². The van der Waals surface area contributed by atoms with Crippen molar-refractivity contribution in [3.05, 3.63) is 17.9 Å². The van der Waals surface area contributed by atoms with E-state index in [-0.39, 0.29) is 5.28 Å². The van der Waals surface area contributed by atoms with Gasteiger partial charge in [-0.25, -0.2) is 4.98 Å². The molecule has 7 nitrogen and oxygen atoms in total. The summed E-state index contributed by atoms with van der Waals surface area (Å²) in [5.41, 5.74) is 0. The zero-order chi connectivity index (χ0) is 12.5. The second kappa shape index (κ2) is 4.49. The van der Waals surface area contributed by atoms with Crippen molar-refractivity contribution in [2.24, 2.45) is 5.92 Å². The van der Waals surface area contributed by atoms with Gasteiger partial charge in [0.15, 0.2) is 0 Å². The molecule has 1 aliphatic rings. The van der Waals surface area contributed by atoms with Gasteiger partial charge >= 0.3 is 0 Å². The lowest BCUT2D eigenvalue weighted by molar-refractivity contribution is 0.763. The first kappa shape index (κ1) is 11.3. The molecule has 94 valence electrons. The second-order valence-electron chi connectivity index (χ2n) is 4.22. The van der Waals surface area contributed by atoms with Crippen LogP contribution in [-0.2, 0) is 0 Å². The van der Waals surface area contributed by atoms with Crippen molar-refractivity contribution in [1.29, 1.82) is 0 Å². The molecule has 1 fully saturated rings. The summed E-state index contributed by atoms with van der Waals surface area (Å²) in [5, 5.41) is 7.36. The standard InChI is InChI=1S/C10H12ClN7/c1-2-6-3-7(6)14-9-15-8(11)16-10(17-9)18-5-12-4-13-18/h4-7H,2-3H2,1H3,(H,14,15,16,17). The lowest BCUT2D eigenvalue weighted by Crippen LogP contribution is -2.11. The van der Waals surface area contributed by atoms with Gasteiger partial charge in [0.05, 0.1) is 0 Å². The molecule has 0 radical (unpaired) electrons. The van der Waals surface area contributed by atoms with Crippen LogP contribution in [0.4, 0.5) is 5.95 Å². The van der Waals surface area contributed by atoms with E-state index < -0.39 is 0 Å². The molecule has 0 amide bonds. The number of nitrogens with one attached hydrogen (secondary N) is 1. The quantitative estimate of drug-likeness (QED) is 0.898. The molecule has 3 rings (SSSR count). The van der Waals surface area contributed by atoms with E-state index in [0.717, 1.165) is 12.8 Å². The number of anilines is 1. The molecule has 2 atom stereocenters. The van der Waals surface area contributed by atoms with Crippen molar-refractivity contribution >= 4 is 17.5 Å². The molecule has 0 saturated heterocycles. The summed E-state index contributed by atoms with van der Waals surface area (Å²) >= 11 is 5.88. The molecule has 0 spiro atoms. The Labute approximate surface area is 109 Å². The number of hydrogen-bond donors (Lipinski definition) is 1. The van der Waals surface area contributed by atoms with Crippen LogP contribution in [0.25, 0.3) is 5.95 Å². The molecule has 2 aromatic rings. The molecule has 2 unspecified atom stereocenters. The maximum Gasteiger partial charge on any atom is 0.258 e. The van der Waals surface area contributed by atoms with Crippen LogP contribution >= 0.6 is 11.6 Å². The van der Waals surface area contributed by atoms with Gasteiger partial charge in [-0.15, -0.1) is 0 Å². The Morgan fingerprint density at radius 2 is 2.33 bits per heavy atom. The fraction of sp³-hybridized carbons (Fsp3) is 0.500. The molecule has 2 aromatic heterocycles. The Hall–Kier alpha value is -1.76. The fourth-order valence-corrected chi connectivity index (χ4v) is 2.02. The molecule has 0 bridgehead atoms. The minimum Gasteiger partial charge on any atom is -0.351 e. The van der Waals surface area contributed by atoms with Crippen LogP contribution in [-0.4, -0.2) is 35.8 Å². The van der Waals surface area contributed by atoms with Crippen LogP contribution < -0.4 is 5.32 Å². The van der Waals surface area contributed by atoms with Crippen molar-refractivity contribution in [3.63, 3.8) is 0 Å². The van der Waals surface area contributed by atoms with E-state index in [9.17, 15) is 0 Å². The SMILES string of the molecule is CCC1CC1Nc1nc(Cl)nc(-n2cncn2)n1. The van der Waals surface area contributed by atoms with Gasteiger partial charge in [-0.1, -0.05) is 13.3 Å². The lowest BCUT2D eigenvalue weighted by atomic mass is 10.3. The summed E-state index contributed by atoms with van der Waals surface area (Å²) in [4.78, 5) is 16.2. The van der Waals surface area contributed by atoms with Crippen LogP contribution in [0, 0.1) is 5.92 Å². The number of halogens is 1. The maximum atomic E-state index is 5.88. The zero-order valence-corrected chi connectivity index (χ0v) is 10.5. The highest BCUT2D eigenvalue weighted by Crippen LogP contribution is 2.35. The minimum absolute atomic E-state index is 0.145. The first-order valence-corrected chi connectivity index (χ1v) is 6.17. The van der Waals surface area contributed by atoms with Gasteiger partial charge in [0.1, 0.15) is 12.7 Å². The molecule has 1 saturated carbocycles. The van der Waals surface area contributed by atoms with Crippen molar-refractivity contribution in [1.82, 2.24) is 29.7 Å². The largest absolute Gasteiger partial charge is 0.351 e. The molecular formula is C10H12ClN7. The zero-order valence-electron chi connectivity index (χ0n) is 9.78. The number of rotatable bonds is 4. The third-order valence-corrected chi connectivity index (χ3v) is 3.15. The third kappa shape index (κ3) is 2.26. The summed E-state index contributed by atoms with van der Waals surface area (Å²) in [6, 6.07) is 0.442. The van der Waals surface area contributed by atoms with Crippen LogP contribution in [0.3, 0.4) is 0 Å². The first-order valence-electron chi connectivity index (χ1n) is 5.79.